The van der Waals surface area contributed by atoms with Crippen molar-refractivity contribution in [2.75, 3.05) is 22.5 Å². The molecule has 1 aromatic carbocycles. The molecule has 10 heteroatoms. The second-order valence-corrected chi connectivity index (χ2v) is 6.67. The minimum atomic E-state index is -0.608. The highest BCUT2D eigenvalue weighted by Crippen LogP contribution is 2.36. The summed E-state index contributed by atoms with van der Waals surface area (Å²) in [6, 6.07) is 5.09. The fourth-order valence-corrected chi connectivity index (χ4v) is 3.45. The third-order valence-electron chi connectivity index (χ3n) is 4.66. The molecule has 0 bridgehead atoms. The normalized spacial score (nSPS) is 16.7. The van der Waals surface area contributed by atoms with Crippen molar-refractivity contribution in [3.8, 4) is 0 Å². The summed E-state index contributed by atoms with van der Waals surface area (Å²) in [6.45, 7) is 2.53. The number of hydrogen-bond donors (Lipinski definition) is 3. The summed E-state index contributed by atoms with van der Waals surface area (Å²) in [7, 11) is 0. The monoisotopic (exact) mass is 398 g/mol. The average Bonchev–Trinajstić information content (AvgIpc) is 3.31. The first-order chi connectivity index (χ1) is 14.0. The summed E-state index contributed by atoms with van der Waals surface area (Å²) in [5, 5.41) is 10.0. The van der Waals surface area contributed by atoms with Gasteiger partial charge in [0, 0.05) is 24.2 Å². The van der Waals surface area contributed by atoms with E-state index in [1.165, 1.54) is 12.1 Å². The molecule has 4 N–H and O–H groups in total. The maximum absolute atomic E-state index is 14.3. The molecular weight excluding hydrogens is 378 g/mol. The van der Waals surface area contributed by atoms with E-state index in [1.807, 2.05) is 24.0 Å². The number of nitrogens with one attached hydrogen (secondary N) is 2. The standard InChI is InChI=1S/C19H20F2N8/c1-2-4-12-10-16(28-27-12)23-18-24-17(22)25-19(26-18)29-8-3-5-15(29)13-7-6-11(20)9-14(13)21/h2,4,6-7,9-10,15H,3,5,8H2,1H3,(H4,22,23,24,25,26,27,28)/b4-2+. The summed E-state index contributed by atoms with van der Waals surface area (Å²) < 4.78 is 27.6. The van der Waals surface area contributed by atoms with Gasteiger partial charge in [0.05, 0.1) is 11.7 Å². The highest BCUT2D eigenvalue weighted by atomic mass is 19.1. The van der Waals surface area contributed by atoms with Gasteiger partial charge in [0.25, 0.3) is 0 Å². The van der Waals surface area contributed by atoms with Crippen LogP contribution in [-0.2, 0) is 0 Å². The van der Waals surface area contributed by atoms with Crippen LogP contribution in [0.5, 0.6) is 0 Å². The molecule has 4 rings (SSSR count). The second-order valence-electron chi connectivity index (χ2n) is 6.67. The van der Waals surface area contributed by atoms with Gasteiger partial charge in [0.15, 0.2) is 5.82 Å². The Kier molecular flexibility index (Phi) is 5.07. The number of rotatable bonds is 5. The highest BCUT2D eigenvalue weighted by molar-refractivity contribution is 5.56. The molecule has 0 radical (unpaired) electrons. The van der Waals surface area contributed by atoms with Gasteiger partial charge in [-0.1, -0.05) is 12.1 Å². The smallest absolute Gasteiger partial charge is 0.235 e. The third-order valence-corrected chi connectivity index (χ3v) is 4.66. The molecule has 150 valence electrons. The lowest BCUT2D eigenvalue weighted by Crippen LogP contribution is -2.26. The Morgan fingerprint density at radius 1 is 1.24 bits per heavy atom. The fourth-order valence-electron chi connectivity index (χ4n) is 3.45. The molecule has 0 aliphatic carbocycles. The van der Waals surface area contributed by atoms with Crippen molar-refractivity contribution in [1.29, 1.82) is 0 Å². The number of anilines is 4. The molecule has 1 fully saturated rings. The second kappa shape index (κ2) is 7.82. The van der Waals surface area contributed by atoms with E-state index in [0.717, 1.165) is 18.2 Å². The van der Waals surface area contributed by atoms with Gasteiger partial charge in [0.2, 0.25) is 17.8 Å². The van der Waals surface area contributed by atoms with E-state index in [9.17, 15) is 8.78 Å². The first kappa shape index (κ1) is 18.8. The number of hydrogen-bond acceptors (Lipinski definition) is 7. The Morgan fingerprint density at radius 3 is 2.90 bits per heavy atom. The van der Waals surface area contributed by atoms with Gasteiger partial charge >= 0.3 is 0 Å². The summed E-state index contributed by atoms with van der Waals surface area (Å²) in [5.41, 5.74) is 7.10. The molecule has 0 saturated carbocycles. The van der Waals surface area contributed by atoms with Crippen molar-refractivity contribution >= 4 is 29.7 Å². The predicted octanol–water partition coefficient (Wildman–Crippen LogP) is 3.57. The molecule has 1 saturated heterocycles. The molecule has 0 spiro atoms. The Bertz CT molecular complexity index is 1050. The number of benzene rings is 1. The average molecular weight is 398 g/mol. The van der Waals surface area contributed by atoms with Crippen molar-refractivity contribution in [3.63, 3.8) is 0 Å². The van der Waals surface area contributed by atoms with E-state index in [2.05, 4.69) is 30.5 Å². The SMILES string of the molecule is C/C=C/c1cc(Nc2nc(N)nc(N3CCCC3c3ccc(F)cc3F)n2)n[nH]1. The Labute approximate surface area is 165 Å². The van der Waals surface area contributed by atoms with E-state index in [-0.39, 0.29) is 17.9 Å². The molecular formula is C19H20F2N8. The fraction of sp³-hybridized carbons (Fsp3) is 0.263. The highest BCUT2D eigenvalue weighted by Gasteiger charge is 2.31. The van der Waals surface area contributed by atoms with E-state index in [0.29, 0.717) is 30.3 Å². The molecule has 1 unspecified atom stereocenters. The van der Waals surface area contributed by atoms with E-state index >= 15 is 0 Å². The van der Waals surface area contributed by atoms with Gasteiger partial charge in [-0.2, -0.15) is 20.1 Å². The van der Waals surface area contributed by atoms with Crippen LogP contribution in [0.15, 0.2) is 30.3 Å². The van der Waals surface area contributed by atoms with E-state index < -0.39 is 11.6 Å². The van der Waals surface area contributed by atoms with Gasteiger partial charge in [0.1, 0.15) is 11.6 Å². The zero-order chi connectivity index (χ0) is 20.4. The maximum atomic E-state index is 14.3. The number of aromatic nitrogens is 5. The molecule has 3 aromatic rings. The molecule has 1 atom stereocenters. The summed E-state index contributed by atoms with van der Waals surface area (Å²) in [4.78, 5) is 14.6. The molecule has 0 amide bonds. The van der Waals surface area contributed by atoms with Crippen molar-refractivity contribution in [3.05, 3.63) is 53.2 Å². The topological polar surface area (TPSA) is 109 Å². The maximum Gasteiger partial charge on any atom is 0.235 e. The first-order valence-corrected chi connectivity index (χ1v) is 9.22. The molecule has 1 aliphatic heterocycles. The zero-order valence-electron chi connectivity index (χ0n) is 15.7. The van der Waals surface area contributed by atoms with E-state index in [4.69, 9.17) is 5.73 Å². The largest absolute Gasteiger partial charge is 0.368 e. The number of nitrogens with two attached hydrogens (primary N) is 1. The van der Waals surface area contributed by atoms with Crippen molar-refractivity contribution in [2.45, 2.75) is 25.8 Å². The molecule has 8 nitrogen and oxygen atoms in total. The number of H-pyrrole nitrogens is 1. The lowest BCUT2D eigenvalue weighted by Gasteiger charge is -2.25. The van der Waals surface area contributed by atoms with Gasteiger partial charge in [-0.25, -0.2) is 8.78 Å². The minimum Gasteiger partial charge on any atom is -0.368 e. The number of allylic oxidation sites excluding steroid dienone is 1. The Morgan fingerprint density at radius 2 is 2.10 bits per heavy atom. The van der Waals surface area contributed by atoms with Crippen molar-refractivity contribution < 1.29 is 8.78 Å². The van der Waals surface area contributed by atoms with Crippen LogP contribution in [0.25, 0.3) is 6.08 Å². The summed E-state index contributed by atoms with van der Waals surface area (Å²) in [5.74, 6) is -0.0749. The lowest BCUT2D eigenvalue weighted by molar-refractivity contribution is 0.552. The first-order valence-electron chi connectivity index (χ1n) is 9.22. The zero-order valence-corrected chi connectivity index (χ0v) is 15.7. The van der Waals surface area contributed by atoms with Crippen LogP contribution >= 0.6 is 0 Å². The van der Waals surface area contributed by atoms with Crippen LogP contribution < -0.4 is 16.0 Å². The summed E-state index contributed by atoms with van der Waals surface area (Å²) >= 11 is 0. The number of nitrogen functional groups attached to an aromatic ring is 1. The third kappa shape index (κ3) is 4.00. The van der Waals surface area contributed by atoms with Crippen LogP contribution in [0.4, 0.5) is 32.4 Å². The predicted molar refractivity (Wildman–Crippen MR) is 106 cm³/mol. The molecule has 3 heterocycles. The van der Waals surface area contributed by atoms with Gasteiger partial charge in [-0.15, -0.1) is 0 Å². The minimum absolute atomic E-state index is 0.0342. The molecule has 29 heavy (non-hydrogen) atoms. The molecule has 1 aliphatic rings. The van der Waals surface area contributed by atoms with Crippen molar-refractivity contribution in [1.82, 2.24) is 25.1 Å². The number of aromatic amines is 1. The Hall–Kier alpha value is -3.56. The van der Waals surface area contributed by atoms with Gasteiger partial charge < -0.3 is 16.0 Å². The van der Waals surface area contributed by atoms with Crippen LogP contribution in [0.3, 0.4) is 0 Å². The summed E-state index contributed by atoms with van der Waals surface area (Å²) in [6.07, 6.45) is 5.28. The van der Waals surface area contributed by atoms with E-state index in [1.54, 1.807) is 6.07 Å². The van der Waals surface area contributed by atoms with Crippen molar-refractivity contribution in [2.24, 2.45) is 0 Å². The lowest BCUT2D eigenvalue weighted by atomic mass is 10.0. The number of nitrogens with zero attached hydrogens (tertiary/aromatic N) is 5. The van der Waals surface area contributed by atoms with Gasteiger partial charge in [-0.3, -0.25) is 5.10 Å². The van der Waals surface area contributed by atoms with Gasteiger partial charge in [-0.05, 0) is 31.9 Å². The van der Waals surface area contributed by atoms with Crippen LogP contribution in [0, 0.1) is 11.6 Å². The van der Waals surface area contributed by atoms with Crippen LogP contribution in [0.2, 0.25) is 0 Å². The molecule has 2 aromatic heterocycles. The van der Waals surface area contributed by atoms with Crippen LogP contribution in [-0.4, -0.2) is 31.7 Å². The number of halogens is 2. The van der Waals surface area contributed by atoms with Crippen LogP contribution in [0.1, 0.15) is 37.1 Å². The Balaban J connectivity index is 1.62. The quantitative estimate of drug-likeness (QED) is 0.603.